The van der Waals surface area contributed by atoms with Gasteiger partial charge in [-0.15, -0.1) is 0 Å². The highest BCUT2D eigenvalue weighted by Gasteiger charge is 2.74. The largest absolute Gasteiger partial charge is 0.427 e. The van der Waals surface area contributed by atoms with Crippen molar-refractivity contribution in [2.45, 2.75) is 24.2 Å². The van der Waals surface area contributed by atoms with Gasteiger partial charge >= 0.3 is 12.4 Å². The average Bonchev–Trinajstić information content (AvgIpc) is 2.36. The summed E-state index contributed by atoms with van der Waals surface area (Å²) >= 11 is 1.60. The number of aliphatic hydroxyl groups excluding tert-OH is 1. The van der Waals surface area contributed by atoms with Crippen molar-refractivity contribution < 1.29 is 49.2 Å². The number of hydrogen-bond donors (Lipinski definition) is 3. The smallest absolute Gasteiger partial charge is 0.398 e. The quantitative estimate of drug-likeness (QED) is 0.185. The van der Waals surface area contributed by atoms with Crippen LogP contribution < -0.4 is 5.73 Å². The zero-order valence-corrected chi connectivity index (χ0v) is 14.7. The van der Waals surface area contributed by atoms with Gasteiger partial charge in [0.2, 0.25) is 0 Å². The zero-order valence-electron chi connectivity index (χ0n) is 11.8. The maximum atomic E-state index is 13.1. The summed E-state index contributed by atoms with van der Waals surface area (Å²) in [7, 11) is -5.79. The van der Waals surface area contributed by atoms with Crippen LogP contribution >= 0.6 is 22.6 Å². The third kappa shape index (κ3) is 5.08. The lowest BCUT2D eigenvalue weighted by Crippen LogP contribution is -2.63. The Hall–Kier alpha value is -0.840. The van der Waals surface area contributed by atoms with Crippen molar-refractivity contribution in [1.29, 1.82) is 0 Å². The number of alkyl halides is 6. The van der Waals surface area contributed by atoms with Gasteiger partial charge in [-0.05, 0) is 34.7 Å². The molecular weight excluding hydrogens is 499 g/mol. The highest BCUT2D eigenvalue weighted by molar-refractivity contribution is 14.1. The predicted octanol–water partition coefficient (Wildman–Crippen LogP) is 2.63. The molecule has 0 saturated heterocycles. The van der Waals surface area contributed by atoms with E-state index in [4.69, 9.17) is 10.3 Å². The molecule has 25 heavy (non-hydrogen) atoms. The Bertz CT molecular complexity index is 721. The molecule has 14 heteroatoms. The summed E-state index contributed by atoms with van der Waals surface area (Å²) in [6.45, 7) is 0. The Morgan fingerprint density at radius 3 is 2.00 bits per heavy atom. The maximum Gasteiger partial charge on any atom is 0.427 e. The molecule has 0 saturated carbocycles. The van der Waals surface area contributed by atoms with Crippen LogP contribution in [-0.4, -0.2) is 41.8 Å². The Labute approximate surface area is 150 Å². The molecule has 0 spiro atoms. The molecule has 1 aromatic carbocycles. The van der Waals surface area contributed by atoms with Crippen molar-refractivity contribution in [2.24, 2.45) is 0 Å². The Balaban J connectivity index is 3.44. The highest BCUT2D eigenvalue weighted by Crippen LogP contribution is 2.48. The first-order valence-electron chi connectivity index (χ1n) is 5.99. The van der Waals surface area contributed by atoms with Crippen LogP contribution in [0.3, 0.4) is 0 Å². The minimum Gasteiger partial charge on any atom is -0.398 e. The first kappa shape index (κ1) is 22.2. The summed E-state index contributed by atoms with van der Waals surface area (Å²) in [5, 5.41) is 9.65. The molecule has 0 heterocycles. The summed E-state index contributed by atoms with van der Waals surface area (Å²) in [5.41, 5.74) is -0.315. The van der Waals surface area contributed by atoms with Crippen LogP contribution in [0.15, 0.2) is 18.2 Å². The second kappa shape index (κ2) is 7.05. The van der Waals surface area contributed by atoms with Gasteiger partial charge in [0.05, 0.1) is 0 Å². The van der Waals surface area contributed by atoms with Gasteiger partial charge in [0, 0.05) is 14.8 Å². The van der Waals surface area contributed by atoms with Crippen molar-refractivity contribution >= 4 is 38.4 Å². The normalized spacial score (nSPS) is 15.2. The van der Waals surface area contributed by atoms with Gasteiger partial charge in [0.1, 0.15) is 5.75 Å². The van der Waals surface area contributed by atoms with Gasteiger partial charge in [-0.25, -0.2) is 0 Å². The van der Waals surface area contributed by atoms with Crippen LogP contribution in [0.5, 0.6) is 0 Å². The van der Waals surface area contributed by atoms with Crippen molar-refractivity contribution in [3.63, 3.8) is 0 Å². The van der Waals surface area contributed by atoms with Gasteiger partial charge in [-0.3, -0.25) is 4.55 Å². The molecule has 1 aromatic rings. The molecule has 0 fully saturated rings. The fourth-order valence-corrected chi connectivity index (χ4v) is 3.15. The fraction of sp³-hybridized carbons (Fsp3) is 0.455. The van der Waals surface area contributed by atoms with E-state index in [1.807, 2.05) is 0 Å². The predicted molar refractivity (Wildman–Crippen MR) is 80.9 cm³/mol. The molecule has 0 aliphatic carbocycles. The lowest BCUT2D eigenvalue weighted by atomic mass is 10.0. The second-order valence-electron chi connectivity index (χ2n) is 4.80. The van der Waals surface area contributed by atoms with E-state index in [1.165, 1.54) is 0 Å². The van der Waals surface area contributed by atoms with Crippen molar-refractivity contribution in [2.75, 3.05) is 11.5 Å². The van der Waals surface area contributed by atoms with Crippen LogP contribution in [0.2, 0.25) is 0 Å². The summed E-state index contributed by atoms with van der Waals surface area (Å²) in [5.74, 6) is -2.88. The average molecular weight is 509 g/mol. The number of nitrogen functional groups attached to an aromatic ring is 1. The number of ether oxygens (including phenoxy) is 1. The standard InChI is InChI=1S/C11H10F6INO5S/c12-10(13,14)9(11(15,16)17,4-25(21,22)23)24-8(20)5-1-2-7(19)6(18)3-5/h1-3,8,20H,4,19H2,(H,21,22,23). The molecule has 0 radical (unpaired) electrons. The number of hydrogen-bond acceptors (Lipinski definition) is 5. The van der Waals surface area contributed by atoms with E-state index in [1.54, 1.807) is 22.6 Å². The lowest BCUT2D eigenvalue weighted by molar-refractivity contribution is -0.399. The zero-order chi connectivity index (χ0) is 19.8. The highest BCUT2D eigenvalue weighted by atomic mass is 127. The van der Waals surface area contributed by atoms with E-state index in [9.17, 15) is 39.9 Å². The third-order valence-electron chi connectivity index (χ3n) is 2.92. The summed E-state index contributed by atoms with van der Waals surface area (Å²) < 4.78 is 112. The second-order valence-corrected chi connectivity index (χ2v) is 7.41. The van der Waals surface area contributed by atoms with Crippen LogP contribution in [0.25, 0.3) is 0 Å². The molecule has 6 nitrogen and oxygen atoms in total. The molecule has 4 N–H and O–H groups in total. The molecule has 0 aliphatic rings. The van der Waals surface area contributed by atoms with Gasteiger partial charge < -0.3 is 15.6 Å². The van der Waals surface area contributed by atoms with E-state index < -0.39 is 45.7 Å². The van der Waals surface area contributed by atoms with Crippen molar-refractivity contribution in [3.8, 4) is 0 Å². The summed E-state index contributed by atoms with van der Waals surface area (Å²) in [6.07, 6.45) is -15.4. The van der Waals surface area contributed by atoms with Crippen LogP contribution in [-0.2, 0) is 14.9 Å². The van der Waals surface area contributed by atoms with E-state index in [-0.39, 0.29) is 9.26 Å². The molecule has 1 unspecified atom stereocenters. The molecular formula is C11H10F6INO5S. The molecule has 0 amide bonds. The minimum absolute atomic E-state index is 0.132. The van der Waals surface area contributed by atoms with Crippen molar-refractivity contribution in [3.05, 3.63) is 27.3 Å². The monoisotopic (exact) mass is 509 g/mol. The summed E-state index contributed by atoms with van der Waals surface area (Å²) in [4.78, 5) is 0. The number of aliphatic hydroxyl groups is 1. The van der Waals surface area contributed by atoms with E-state index in [0.29, 0.717) is 0 Å². The van der Waals surface area contributed by atoms with Crippen LogP contribution in [0.4, 0.5) is 32.0 Å². The number of halogens is 7. The molecule has 0 aromatic heterocycles. The van der Waals surface area contributed by atoms with E-state index >= 15 is 0 Å². The molecule has 144 valence electrons. The van der Waals surface area contributed by atoms with Crippen LogP contribution in [0.1, 0.15) is 11.9 Å². The number of rotatable bonds is 5. The number of anilines is 1. The number of benzene rings is 1. The summed E-state index contributed by atoms with van der Waals surface area (Å²) in [6, 6.07) is 2.94. The first-order chi connectivity index (χ1) is 11.0. The van der Waals surface area contributed by atoms with Gasteiger partial charge in [-0.2, -0.15) is 34.8 Å². The first-order valence-corrected chi connectivity index (χ1v) is 8.68. The minimum atomic E-state index is -6.32. The third-order valence-corrected chi connectivity index (χ3v) is 4.63. The topological polar surface area (TPSA) is 110 Å². The van der Waals surface area contributed by atoms with E-state index in [0.717, 1.165) is 18.2 Å². The van der Waals surface area contributed by atoms with Gasteiger partial charge in [0.25, 0.3) is 15.7 Å². The molecule has 1 rings (SSSR count). The van der Waals surface area contributed by atoms with Gasteiger partial charge in [0.15, 0.2) is 6.29 Å². The molecule has 0 aliphatic heterocycles. The Morgan fingerprint density at radius 2 is 1.64 bits per heavy atom. The van der Waals surface area contributed by atoms with E-state index in [2.05, 4.69) is 4.74 Å². The lowest BCUT2D eigenvalue weighted by Gasteiger charge is -2.37. The molecule has 0 bridgehead atoms. The Morgan fingerprint density at radius 1 is 1.16 bits per heavy atom. The SMILES string of the molecule is Nc1ccc(C(O)OC(CS(=O)(=O)O)(C(F)(F)F)C(F)(F)F)cc1I. The van der Waals surface area contributed by atoms with Crippen molar-refractivity contribution in [1.82, 2.24) is 0 Å². The van der Waals surface area contributed by atoms with Crippen LogP contribution in [0, 0.1) is 3.57 Å². The Kier molecular flexibility index (Phi) is 6.26. The number of nitrogens with two attached hydrogens (primary N) is 1. The fourth-order valence-electron chi connectivity index (χ4n) is 1.70. The maximum absolute atomic E-state index is 13.1. The molecule has 1 atom stereocenters. The van der Waals surface area contributed by atoms with Gasteiger partial charge in [-0.1, -0.05) is 6.07 Å².